The first-order valence-electron chi connectivity index (χ1n) is 18.0. The molecule has 0 aliphatic heterocycles. The quantitative estimate of drug-likeness (QED) is 0.145. The highest BCUT2D eigenvalue weighted by molar-refractivity contribution is 5.82. The van der Waals surface area contributed by atoms with Gasteiger partial charge in [0, 0.05) is 28.2 Å². The third-order valence-corrected chi connectivity index (χ3v) is 9.19. The van der Waals surface area contributed by atoms with Gasteiger partial charge in [-0.25, -0.2) is 4.98 Å². The average Bonchev–Trinajstić information content (AvgIpc) is 3.12. The normalized spacial score (nSPS) is 11.7. The number of pyridine rings is 1. The number of hydrogen-bond acceptors (Lipinski definition) is 4. The molecule has 0 bridgehead atoms. The molecule has 6 rings (SSSR count). The number of nitrogens with zero attached hydrogens (tertiary/aromatic N) is 2. The predicted molar refractivity (Wildman–Crippen MR) is 215 cm³/mol. The standard InChI is InChI=1S/C47H50N2O2/c1-9-50-44-17-13-11-15-40(44)42-31-34(32-43(48-42)41-16-12-14-18-45(41)51-10-2)33-19-25-37(26-20-33)49(38-27-21-35(22-28-38)46(3,4)5)39-29-23-36(24-30-39)47(6,7)8/h11-32H,9-10H2,1-8H3. The van der Waals surface area contributed by atoms with Crippen LogP contribution in [0.1, 0.15) is 66.5 Å². The van der Waals surface area contributed by atoms with Crippen molar-refractivity contribution in [3.63, 3.8) is 0 Å². The molecule has 0 radical (unpaired) electrons. The molecule has 0 aliphatic carbocycles. The molecule has 4 heteroatoms. The van der Waals surface area contributed by atoms with E-state index >= 15 is 0 Å². The number of anilines is 3. The van der Waals surface area contributed by atoms with E-state index in [0.29, 0.717) is 13.2 Å². The summed E-state index contributed by atoms with van der Waals surface area (Å²) >= 11 is 0. The summed E-state index contributed by atoms with van der Waals surface area (Å²) < 4.78 is 12.1. The molecule has 0 N–H and O–H groups in total. The van der Waals surface area contributed by atoms with Crippen LogP contribution < -0.4 is 14.4 Å². The number of rotatable bonds is 10. The van der Waals surface area contributed by atoms with Crippen molar-refractivity contribution in [3.05, 3.63) is 145 Å². The highest BCUT2D eigenvalue weighted by Crippen LogP contribution is 2.40. The van der Waals surface area contributed by atoms with Crippen molar-refractivity contribution in [3.8, 4) is 45.1 Å². The van der Waals surface area contributed by atoms with Crippen LogP contribution >= 0.6 is 0 Å². The van der Waals surface area contributed by atoms with Crippen LogP contribution in [-0.2, 0) is 10.8 Å². The lowest BCUT2D eigenvalue weighted by molar-refractivity contribution is 0.341. The Kier molecular flexibility index (Phi) is 10.3. The van der Waals surface area contributed by atoms with E-state index in [-0.39, 0.29) is 10.8 Å². The predicted octanol–water partition coefficient (Wildman–Crippen LogP) is 12.9. The van der Waals surface area contributed by atoms with Gasteiger partial charge in [-0.1, -0.05) is 102 Å². The second kappa shape index (κ2) is 14.9. The van der Waals surface area contributed by atoms with E-state index in [1.165, 1.54) is 11.1 Å². The van der Waals surface area contributed by atoms with Crippen molar-refractivity contribution in [2.24, 2.45) is 0 Å². The van der Waals surface area contributed by atoms with E-state index in [1.54, 1.807) is 0 Å². The van der Waals surface area contributed by atoms with Gasteiger partial charge in [0.2, 0.25) is 0 Å². The Morgan fingerprint density at radius 2 is 0.843 bits per heavy atom. The molecule has 0 aliphatic rings. The number of benzene rings is 5. The van der Waals surface area contributed by atoms with Gasteiger partial charge in [-0.15, -0.1) is 0 Å². The maximum atomic E-state index is 6.05. The van der Waals surface area contributed by atoms with Crippen LogP contribution in [-0.4, -0.2) is 18.2 Å². The fourth-order valence-corrected chi connectivity index (χ4v) is 6.36. The van der Waals surface area contributed by atoms with Crippen LogP contribution in [0.25, 0.3) is 33.6 Å². The SMILES string of the molecule is CCOc1ccccc1-c1cc(-c2ccc(N(c3ccc(C(C)(C)C)cc3)c3ccc(C(C)(C)C)cc3)cc2)cc(-c2ccccc2OCC)n1. The van der Waals surface area contributed by atoms with Crippen LogP contribution in [0.4, 0.5) is 17.1 Å². The molecule has 5 aromatic carbocycles. The largest absolute Gasteiger partial charge is 0.493 e. The Hall–Kier alpha value is -5.35. The molecule has 0 spiro atoms. The molecule has 1 aromatic heterocycles. The fraction of sp³-hybridized carbons (Fsp3) is 0.255. The van der Waals surface area contributed by atoms with Gasteiger partial charge in [0.1, 0.15) is 11.5 Å². The number of ether oxygens (including phenoxy) is 2. The van der Waals surface area contributed by atoms with Crippen molar-refractivity contribution in [1.29, 1.82) is 0 Å². The lowest BCUT2D eigenvalue weighted by atomic mass is 9.86. The zero-order chi connectivity index (χ0) is 36.2. The highest BCUT2D eigenvalue weighted by atomic mass is 16.5. The van der Waals surface area contributed by atoms with Gasteiger partial charge < -0.3 is 14.4 Å². The van der Waals surface area contributed by atoms with Gasteiger partial charge in [-0.3, -0.25) is 0 Å². The second-order valence-electron chi connectivity index (χ2n) is 15.0. The summed E-state index contributed by atoms with van der Waals surface area (Å²) in [4.78, 5) is 7.53. The molecule has 1 heterocycles. The van der Waals surface area contributed by atoms with Gasteiger partial charge >= 0.3 is 0 Å². The van der Waals surface area contributed by atoms with Gasteiger partial charge in [-0.2, -0.15) is 0 Å². The van der Waals surface area contributed by atoms with E-state index in [9.17, 15) is 0 Å². The summed E-state index contributed by atoms with van der Waals surface area (Å²) in [5, 5.41) is 0. The van der Waals surface area contributed by atoms with Gasteiger partial charge in [0.15, 0.2) is 0 Å². The third kappa shape index (κ3) is 8.02. The molecule has 0 unspecified atom stereocenters. The molecule has 4 nitrogen and oxygen atoms in total. The van der Waals surface area contributed by atoms with Crippen molar-refractivity contribution in [2.45, 2.75) is 66.2 Å². The van der Waals surface area contributed by atoms with Crippen LogP contribution in [0, 0.1) is 0 Å². The summed E-state index contributed by atoms with van der Waals surface area (Å²) in [6, 6.07) is 47.3. The number of aromatic nitrogens is 1. The van der Waals surface area contributed by atoms with Crippen LogP contribution in [0.5, 0.6) is 11.5 Å². The monoisotopic (exact) mass is 674 g/mol. The van der Waals surface area contributed by atoms with Gasteiger partial charge in [0.05, 0.1) is 24.6 Å². The first-order chi connectivity index (χ1) is 24.5. The molecule has 0 saturated carbocycles. The Morgan fingerprint density at radius 1 is 0.471 bits per heavy atom. The highest BCUT2D eigenvalue weighted by Gasteiger charge is 2.20. The van der Waals surface area contributed by atoms with E-state index < -0.39 is 0 Å². The Labute approximate surface area is 304 Å². The van der Waals surface area contributed by atoms with Crippen molar-refractivity contribution in [2.75, 3.05) is 18.1 Å². The van der Waals surface area contributed by atoms with E-state index in [1.807, 2.05) is 50.2 Å². The molecular formula is C47H50N2O2. The van der Waals surface area contributed by atoms with Gasteiger partial charge in [0.25, 0.3) is 0 Å². The number of hydrogen-bond donors (Lipinski definition) is 0. The summed E-state index contributed by atoms with van der Waals surface area (Å²) in [5.41, 5.74) is 11.9. The minimum Gasteiger partial charge on any atom is -0.493 e. The minimum atomic E-state index is 0.0774. The maximum Gasteiger partial charge on any atom is 0.128 e. The van der Waals surface area contributed by atoms with E-state index in [2.05, 4.69) is 144 Å². The fourth-order valence-electron chi connectivity index (χ4n) is 6.36. The molecule has 260 valence electrons. The topological polar surface area (TPSA) is 34.6 Å². The van der Waals surface area contributed by atoms with Crippen LogP contribution in [0.3, 0.4) is 0 Å². The Bertz CT molecular complexity index is 1940. The summed E-state index contributed by atoms with van der Waals surface area (Å²) in [7, 11) is 0. The Morgan fingerprint density at radius 3 is 1.22 bits per heavy atom. The maximum absolute atomic E-state index is 6.05. The molecule has 6 aromatic rings. The summed E-state index contributed by atoms with van der Waals surface area (Å²) in [6.07, 6.45) is 0. The van der Waals surface area contributed by atoms with E-state index in [0.717, 1.165) is 62.2 Å². The van der Waals surface area contributed by atoms with Crippen LogP contribution in [0.2, 0.25) is 0 Å². The van der Waals surface area contributed by atoms with E-state index in [4.69, 9.17) is 14.5 Å². The first-order valence-corrected chi connectivity index (χ1v) is 18.0. The molecule has 0 atom stereocenters. The number of para-hydroxylation sites is 2. The summed E-state index contributed by atoms with van der Waals surface area (Å²) in [6.45, 7) is 18.7. The van der Waals surface area contributed by atoms with Crippen molar-refractivity contribution >= 4 is 17.1 Å². The first kappa shape index (κ1) is 35.5. The molecule has 51 heavy (non-hydrogen) atoms. The molecule has 0 fully saturated rings. The van der Waals surface area contributed by atoms with Crippen molar-refractivity contribution in [1.82, 2.24) is 4.98 Å². The zero-order valence-electron chi connectivity index (χ0n) is 31.3. The molecule has 0 saturated heterocycles. The lowest BCUT2D eigenvalue weighted by Gasteiger charge is -2.28. The molecular weight excluding hydrogens is 625 g/mol. The van der Waals surface area contributed by atoms with Crippen LogP contribution in [0.15, 0.2) is 133 Å². The Balaban J connectivity index is 1.46. The molecule has 0 amide bonds. The van der Waals surface area contributed by atoms with Crippen molar-refractivity contribution < 1.29 is 9.47 Å². The lowest BCUT2D eigenvalue weighted by Crippen LogP contribution is -2.14. The zero-order valence-corrected chi connectivity index (χ0v) is 31.3. The summed E-state index contributed by atoms with van der Waals surface area (Å²) in [5.74, 6) is 1.63. The minimum absolute atomic E-state index is 0.0774. The van der Waals surface area contributed by atoms with Gasteiger partial charge in [-0.05, 0) is 120 Å². The average molecular weight is 675 g/mol. The second-order valence-corrected chi connectivity index (χ2v) is 15.0. The third-order valence-electron chi connectivity index (χ3n) is 9.19. The smallest absolute Gasteiger partial charge is 0.128 e.